The molecule has 25 heavy (non-hydrogen) atoms. The summed E-state index contributed by atoms with van der Waals surface area (Å²) in [5.74, 6) is 1.29. The molecular formula is C19H19N3O3. The third kappa shape index (κ3) is 5.10. The van der Waals surface area contributed by atoms with Gasteiger partial charge < -0.3 is 14.8 Å². The summed E-state index contributed by atoms with van der Waals surface area (Å²) >= 11 is 0. The molecule has 1 heterocycles. The first-order valence-electron chi connectivity index (χ1n) is 7.99. The number of amides is 1. The molecule has 2 aromatic carbocycles. The first-order chi connectivity index (χ1) is 12.3. The summed E-state index contributed by atoms with van der Waals surface area (Å²) in [7, 11) is 0. The van der Waals surface area contributed by atoms with Gasteiger partial charge in [-0.05, 0) is 30.3 Å². The molecule has 1 amide bonds. The van der Waals surface area contributed by atoms with E-state index in [1.807, 2.05) is 60.7 Å². The zero-order chi connectivity index (χ0) is 17.3. The Balaban J connectivity index is 1.41. The number of carbonyl (C=O) groups excluding carboxylic acids is 1. The van der Waals surface area contributed by atoms with E-state index < -0.39 is 0 Å². The summed E-state index contributed by atoms with van der Waals surface area (Å²) in [6, 6.07) is 20.6. The molecule has 0 aliphatic heterocycles. The molecule has 3 rings (SSSR count). The highest BCUT2D eigenvalue weighted by molar-refractivity contribution is 5.92. The Morgan fingerprint density at radius 3 is 2.28 bits per heavy atom. The van der Waals surface area contributed by atoms with E-state index in [0.29, 0.717) is 25.5 Å². The van der Waals surface area contributed by atoms with Crippen LogP contribution in [0.4, 0.5) is 0 Å². The van der Waals surface area contributed by atoms with Crippen LogP contribution in [0.2, 0.25) is 0 Å². The Bertz CT molecular complexity index is 788. The van der Waals surface area contributed by atoms with E-state index in [-0.39, 0.29) is 5.91 Å². The van der Waals surface area contributed by atoms with Gasteiger partial charge in [0.05, 0.1) is 12.2 Å². The van der Waals surface area contributed by atoms with Gasteiger partial charge in [-0.25, -0.2) is 0 Å². The Morgan fingerprint density at radius 1 is 0.960 bits per heavy atom. The Labute approximate surface area is 145 Å². The van der Waals surface area contributed by atoms with Crippen molar-refractivity contribution in [3.8, 4) is 11.5 Å². The van der Waals surface area contributed by atoms with Crippen molar-refractivity contribution in [1.82, 2.24) is 15.5 Å². The average molecular weight is 337 g/mol. The number of hydrogen-bond donors (Lipinski definition) is 2. The number of aromatic amines is 1. The SMILES string of the molecule is O=C(NCCOc1ccccc1)c1cc(COc2ccccc2)[nH]n1. The molecule has 6 heteroatoms. The van der Waals surface area contributed by atoms with Gasteiger partial charge in [-0.1, -0.05) is 36.4 Å². The Morgan fingerprint density at radius 2 is 1.60 bits per heavy atom. The van der Waals surface area contributed by atoms with Crippen molar-refractivity contribution in [2.24, 2.45) is 0 Å². The van der Waals surface area contributed by atoms with Crippen LogP contribution in [0.3, 0.4) is 0 Å². The van der Waals surface area contributed by atoms with E-state index >= 15 is 0 Å². The van der Waals surface area contributed by atoms with Gasteiger partial charge in [0.25, 0.3) is 5.91 Å². The number of aromatic nitrogens is 2. The van der Waals surface area contributed by atoms with Crippen LogP contribution in [0.5, 0.6) is 11.5 Å². The molecular weight excluding hydrogens is 318 g/mol. The van der Waals surface area contributed by atoms with Gasteiger partial charge in [-0.2, -0.15) is 5.10 Å². The summed E-state index contributed by atoms with van der Waals surface area (Å²) in [5.41, 5.74) is 1.06. The van der Waals surface area contributed by atoms with Crippen molar-refractivity contribution < 1.29 is 14.3 Å². The summed E-state index contributed by atoms with van der Waals surface area (Å²) in [6.45, 7) is 1.11. The second kappa shape index (κ2) is 8.54. The Kier molecular flexibility index (Phi) is 5.66. The lowest BCUT2D eigenvalue weighted by atomic mass is 10.3. The molecule has 0 bridgehead atoms. The van der Waals surface area contributed by atoms with Crippen molar-refractivity contribution in [3.63, 3.8) is 0 Å². The molecule has 0 atom stereocenters. The van der Waals surface area contributed by atoms with Crippen LogP contribution in [-0.2, 0) is 6.61 Å². The lowest BCUT2D eigenvalue weighted by Gasteiger charge is -2.06. The number of para-hydroxylation sites is 2. The predicted octanol–water partition coefficient (Wildman–Crippen LogP) is 2.80. The van der Waals surface area contributed by atoms with Gasteiger partial charge in [0.2, 0.25) is 0 Å². The van der Waals surface area contributed by atoms with E-state index in [1.165, 1.54) is 0 Å². The van der Waals surface area contributed by atoms with Crippen molar-refractivity contribution in [2.75, 3.05) is 13.2 Å². The molecule has 128 valence electrons. The number of nitrogens with one attached hydrogen (secondary N) is 2. The van der Waals surface area contributed by atoms with E-state index in [4.69, 9.17) is 9.47 Å². The van der Waals surface area contributed by atoms with Crippen LogP contribution in [-0.4, -0.2) is 29.3 Å². The lowest BCUT2D eigenvalue weighted by molar-refractivity contribution is 0.0942. The third-order valence-corrected chi connectivity index (χ3v) is 3.40. The van der Waals surface area contributed by atoms with Gasteiger partial charge in [0, 0.05) is 0 Å². The third-order valence-electron chi connectivity index (χ3n) is 3.40. The van der Waals surface area contributed by atoms with Crippen LogP contribution < -0.4 is 14.8 Å². The average Bonchev–Trinajstić information content (AvgIpc) is 3.14. The molecule has 0 aliphatic rings. The number of ether oxygens (including phenoxy) is 2. The minimum atomic E-state index is -0.251. The fourth-order valence-corrected chi connectivity index (χ4v) is 2.17. The normalized spacial score (nSPS) is 10.2. The molecule has 6 nitrogen and oxygen atoms in total. The number of nitrogens with zero attached hydrogens (tertiary/aromatic N) is 1. The van der Waals surface area contributed by atoms with E-state index in [9.17, 15) is 4.79 Å². The molecule has 3 aromatic rings. The Hall–Kier alpha value is -3.28. The van der Waals surface area contributed by atoms with Gasteiger partial charge in [0.1, 0.15) is 30.4 Å². The number of rotatable bonds is 8. The van der Waals surface area contributed by atoms with Gasteiger partial charge in [-0.15, -0.1) is 0 Å². The van der Waals surface area contributed by atoms with Crippen LogP contribution >= 0.6 is 0 Å². The molecule has 2 N–H and O–H groups in total. The minimum Gasteiger partial charge on any atom is -0.492 e. The van der Waals surface area contributed by atoms with E-state index in [1.54, 1.807) is 6.07 Å². The molecule has 0 saturated carbocycles. The second-order valence-corrected chi connectivity index (χ2v) is 5.30. The zero-order valence-electron chi connectivity index (χ0n) is 13.6. The maximum atomic E-state index is 12.1. The van der Waals surface area contributed by atoms with Gasteiger partial charge in [-0.3, -0.25) is 9.89 Å². The number of carbonyl (C=O) groups is 1. The smallest absolute Gasteiger partial charge is 0.271 e. The number of hydrogen-bond acceptors (Lipinski definition) is 4. The first kappa shape index (κ1) is 16.6. The maximum Gasteiger partial charge on any atom is 0.271 e. The van der Waals surface area contributed by atoms with Crippen LogP contribution in [0.25, 0.3) is 0 Å². The first-order valence-corrected chi connectivity index (χ1v) is 7.99. The highest BCUT2D eigenvalue weighted by Crippen LogP contribution is 2.11. The maximum absolute atomic E-state index is 12.1. The highest BCUT2D eigenvalue weighted by atomic mass is 16.5. The zero-order valence-corrected chi connectivity index (χ0v) is 13.6. The summed E-state index contributed by atoms with van der Waals surface area (Å²) in [5, 5.41) is 9.58. The van der Waals surface area contributed by atoms with Gasteiger partial charge in [0.15, 0.2) is 0 Å². The summed E-state index contributed by atoms with van der Waals surface area (Å²) in [4.78, 5) is 12.1. The largest absolute Gasteiger partial charge is 0.492 e. The molecule has 1 aromatic heterocycles. The molecule has 0 radical (unpaired) electrons. The summed E-state index contributed by atoms with van der Waals surface area (Å²) < 4.78 is 11.1. The van der Waals surface area contributed by atoms with E-state index in [0.717, 1.165) is 17.2 Å². The number of H-pyrrole nitrogens is 1. The van der Waals surface area contributed by atoms with E-state index in [2.05, 4.69) is 15.5 Å². The standard InChI is InChI=1S/C19H19N3O3/c23-19(20-11-12-24-16-7-3-1-4-8-16)18-13-15(21-22-18)14-25-17-9-5-2-6-10-17/h1-10,13H,11-12,14H2,(H,20,23)(H,21,22). The minimum absolute atomic E-state index is 0.251. The molecule has 0 spiro atoms. The quantitative estimate of drug-likeness (QED) is 0.620. The van der Waals surface area contributed by atoms with Gasteiger partial charge >= 0.3 is 0 Å². The molecule has 0 unspecified atom stereocenters. The van der Waals surface area contributed by atoms with Crippen molar-refractivity contribution >= 4 is 5.91 Å². The fraction of sp³-hybridized carbons (Fsp3) is 0.158. The lowest BCUT2D eigenvalue weighted by Crippen LogP contribution is -2.28. The number of benzene rings is 2. The second-order valence-electron chi connectivity index (χ2n) is 5.30. The predicted molar refractivity (Wildman–Crippen MR) is 93.6 cm³/mol. The topological polar surface area (TPSA) is 76.2 Å². The molecule has 0 aliphatic carbocycles. The molecule has 0 saturated heterocycles. The van der Waals surface area contributed by atoms with Crippen LogP contribution in [0.15, 0.2) is 66.7 Å². The monoisotopic (exact) mass is 337 g/mol. The van der Waals surface area contributed by atoms with Crippen LogP contribution in [0.1, 0.15) is 16.2 Å². The fourth-order valence-electron chi connectivity index (χ4n) is 2.17. The van der Waals surface area contributed by atoms with Crippen molar-refractivity contribution in [1.29, 1.82) is 0 Å². The molecule has 0 fully saturated rings. The van der Waals surface area contributed by atoms with Crippen LogP contribution in [0, 0.1) is 0 Å². The van der Waals surface area contributed by atoms with Crippen molar-refractivity contribution in [2.45, 2.75) is 6.61 Å². The highest BCUT2D eigenvalue weighted by Gasteiger charge is 2.10. The summed E-state index contributed by atoms with van der Waals surface area (Å²) in [6.07, 6.45) is 0. The van der Waals surface area contributed by atoms with Crippen molar-refractivity contribution in [3.05, 3.63) is 78.1 Å².